The Balaban J connectivity index is 1.14. The second-order valence-electron chi connectivity index (χ2n) is 13.9. The highest BCUT2D eigenvalue weighted by Gasteiger charge is 2.52. The number of rotatable bonds is 0. The number of para-hydroxylation sites is 4. The third-order valence-electron chi connectivity index (χ3n) is 11.8. The normalized spacial score (nSPS) is 15.1. The van der Waals surface area contributed by atoms with Crippen LogP contribution in [-0.2, 0) is 0 Å². The number of hydrogen-bond donors (Lipinski definition) is 0. The number of ether oxygens (including phenoxy) is 2. The number of benzene rings is 7. The maximum absolute atomic E-state index is 6.60. The molecule has 0 atom stereocenters. The first kappa shape index (κ1) is 25.0. The van der Waals surface area contributed by atoms with Gasteiger partial charge in [-0.1, -0.05) is 91.0 Å². The van der Waals surface area contributed by atoms with Gasteiger partial charge >= 0.3 is 0 Å². The van der Waals surface area contributed by atoms with Crippen molar-refractivity contribution in [2.45, 2.75) is 0 Å². The topological polar surface area (TPSA) is 24.9 Å². The lowest BCUT2D eigenvalue weighted by atomic mass is 9.28. The Labute approximate surface area is 284 Å². The molecule has 0 spiro atoms. The third kappa shape index (κ3) is 2.82. The van der Waals surface area contributed by atoms with E-state index in [1.165, 1.54) is 83.3 Å². The Morgan fingerprint density at radius 1 is 0.306 bits per heavy atom. The molecule has 0 N–H and O–H groups in total. The van der Waals surface area contributed by atoms with Crippen LogP contribution in [0.25, 0.3) is 0 Å². The van der Waals surface area contributed by atoms with Crippen molar-refractivity contribution in [3.8, 4) is 23.0 Å². The molecule has 7 aromatic carbocycles. The summed E-state index contributed by atoms with van der Waals surface area (Å²) in [5.41, 5.74) is 19.2. The van der Waals surface area contributed by atoms with E-state index >= 15 is 0 Å². The molecule has 6 aliphatic rings. The van der Waals surface area contributed by atoms with Gasteiger partial charge in [0.1, 0.15) is 23.0 Å². The van der Waals surface area contributed by atoms with E-state index in [4.69, 9.17) is 9.47 Å². The number of fused-ring (bicyclic) bond motifs is 12. The van der Waals surface area contributed by atoms with Crippen molar-refractivity contribution in [1.29, 1.82) is 0 Å². The minimum absolute atomic E-state index is 0.0863. The maximum Gasteiger partial charge on any atom is 0.256 e. The van der Waals surface area contributed by atoms with Crippen LogP contribution in [0.5, 0.6) is 23.0 Å². The van der Waals surface area contributed by atoms with E-state index < -0.39 is 0 Å². The predicted octanol–water partition coefficient (Wildman–Crippen LogP) is 3.64. The fourth-order valence-corrected chi connectivity index (χ4v) is 10.1. The summed E-state index contributed by atoms with van der Waals surface area (Å²) in [6, 6.07) is 51.2. The Kier molecular flexibility index (Phi) is 4.34. The molecular weight excluding hydrogens is 597 g/mol. The highest BCUT2D eigenvalue weighted by atomic mass is 16.5. The summed E-state index contributed by atoms with van der Waals surface area (Å²) in [6.07, 6.45) is 0. The molecule has 222 valence electrons. The van der Waals surface area contributed by atoms with Gasteiger partial charge in [0, 0.05) is 34.1 Å². The highest BCUT2D eigenvalue weighted by Crippen LogP contribution is 2.47. The van der Waals surface area contributed by atoms with Crippen molar-refractivity contribution in [1.82, 2.24) is 0 Å². The summed E-state index contributed by atoms with van der Waals surface area (Å²) < 4.78 is 13.2. The van der Waals surface area contributed by atoms with Crippen LogP contribution in [0.4, 0.5) is 34.1 Å². The van der Waals surface area contributed by atoms with Crippen LogP contribution in [0.15, 0.2) is 140 Å². The Hall–Kier alpha value is -6.07. The van der Waals surface area contributed by atoms with Crippen LogP contribution in [0, 0.1) is 0 Å². The zero-order chi connectivity index (χ0) is 31.5. The monoisotopic (exact) mass is 620 g/mol. The van der Waals surface area contributed by atoms with Gasteiger partial charge in [-0.05, 0) is 97.7 Å². The van der Waals surface area contributed by atoms with Crippen molar-refractivity contribution in [2.24, 2.45) is 0 Å². The SMILES string of the molecule is c1ccc2c(c1)Oc1cccc3c1B2c1cccc2c1N3c1cccc3c1B2c1cccc2c1N3c1cccc3c1B2c1ccccc1O3. The molecule has 0 bridgehead atoms. The van der Waals surface area contributed by atoms with E-state index in [2.05, 4.69) is 149 Å². The van der Waals surface area contributed by atoms with Gasteiger partial charge in [0.05, 0.1) is 0 Å². The molecule has 0 saturated carbocycles. The number of anilines is 6. The van der Waals surface area contributed by atoms with Gasteiger partial charge in [-0.2, -0.15) is 0 Å². The van der Waals surface area contributed by atoms with Crippen LogP contribution in [-0.4, -0.2) is 20.1 Å². The van der Waals surface area contributed by atoms with Crippen LogP contribution >= 0.6 is 0 Å². The van der Waals surface area contributed by atoms with E-state index in [-0.39, 0.29) is 20.1 Å². The summed E-state index contributed by atoms with van der Waals surface area (Å²) in [6.45, 7) is 0.282. The van der Waals surface area contributed by atoms with E-state index in [1.54, 1.807) is 0 Å². The van der Waals surface area contributed by atoms with Crippen molar-refractivity contribution < 1.29 is 9.47 Å². The predicted molar refractivity (Wildman–Crippen MR) is 203 cm³/mol. The first-order valence-corrected chi connectivity index (χ1v) is 17.1. The van der Waals surface area contributed by atoms with E-state index in [9.17, 15) is 0 Å². The van der Waals surface area contributed by atoms with Gasteiger partial charge in [0.25, 0.3) is 20.1 Å². The molecule has 7 aromatic rings. The summed E-state index contributed by atoms with van der Waals surface area (Å²) in [7, 11) is 0. The van der Waals surface area contributed by atoms with Gasteiger partial charge < -0.3 is 19.3 Å². The lowest BCUT2D eigenvalue weighted by Gasteiger charge is -2.50. The zero-order valence-corrected chi connectivity index (χ0v) is 26.2. The fourth-order valence-electron chi connectivity index (χ4n) is 10.1. The molecule has 7 heteroatoms. The van der Waals surface area contributed by atoms with Gasteiger partial charge in [-0.3, -0.25) is 0 Å². The first-order valence-electron chi connectivity index (χ1n) is 17.1. The molecule has 0 amide bonds. The maximum atomic E-state index is 6.60. The van der Waals surface area contributed by atoms with E-state index in [1.807, 2.05) is 0 Å². The highest BCUT2D eigenvalue weighted by molar-refractivity contribution is 7.05. The van der Waals surface area contributed by atoms with Crippen molar-refractivity contribution in [3.05, 3.63) is 140 Å². The van der Waals surface area contributed by atoms with E-state index in [0.29, 0.717) is 0 Å². The Bertz CT molecular complexity index is 2510. The molecule has 0 saturated heterocycles. The molecule has 6 heterocycles. The molecule has 0 fully saturated rings. The molecule has 0 radical (unpaired) electrons. The van der Waals surface area contributed by atoms with Crippen LogP contribution in [0.1, 0.15) is 0 Å². The number of hydrogen-bond acceptors (Lipinski definition) is 4. The average molecular weight is 620 g/mol. The van der Waals surface area contributed by atoms with Crippen LogP contribution < -0.4 is 68.4 Å². The molecular formula is C42H23B3N2O2. The fraction of sp³-hybridized carbons (Fsp3) is 0. The molecule has 0 aliphatic carbocycles. The lowest BCUT2D eigenvalue weighted by Crippen LogP contribution is -2.69. The van der Waals surface area contributed by atoms with Crippen molar-refractivity contribution in [2.75, 3.05) is 9.80 Å². The van der Waals surface area contributed by atoms with Gasteiger partial charge in [0.15, 0.2) is 0 Å². The van der Waals surface area contributed by atoms with Gasteiger partial charge in [0.2, 0.25) is 0 Å². The summed E-state index contributed by atoms with van der Waals surface area (Å²) in [4.78, 5) is 5.07. The largest absolute Gasteiger partial charge is 0.458 e. The average Bonchev–Trinajstić information content (AvgIpc) is 3.15. The minimum atomic E-state index is 0.0863. The molecule has 4 nitrogen and oxygen atoms in total. The molecule has 13 rings (SSSR count). The summed E-state index contributed by atoms with van der Waals surface area (Å²) in [5, 5.41) is 0. The molecule has 6 aliphatic heterocycles. The molecule has 49 heavy (non-hydrogen) atoms. The second-order valence-corrected chi connectivity index (χ2v) is 13.9. The lowest BCUT2D eigenvalue weighted by molar-refractivity contribution is 0.487. The quantitative estimate of drug-likeness (QED) is 0.242. The van der Waals surface area contributed by atoms with Gasteiger partial charge in [-0.25, -0.2) is 0 Å². The third-order valence-corrected chi connectivity index (χ3v) is 11.8. The smallest absolute Gasteiger partial charge is 0.256 e. The van der Waals surface area contributed by atoms with Gasteiger partial charge in [-0.15, -0.1) is 0 Å². The standard InChI is InChI=1S/C42H23B3N2O2/c1-3-20-34-24(10-1)43-26-12-5-14-28-41(26)46(32-18-8-22-36(48-34)39(32)43)30-16-7-17-31-38(30)45(28)29-15-6-13-27-42(29)47(31)33-19-9-23-37-40(33)44(27)25-11-2-4-21-35(25)49-37/h1-23H. The van der Waals surface area contributed by atoms with Crippen molar-refractivity contribution >= 4 is 103 Å². The molecule has 0 aromatic heterocycles. The second kappa shape index (κ2) is 8.50. The Morgan fingerprint density at radius 2 is 0.633 bits per heavy atom. The first-order chi connectivity index (χ1) is 24.3. The van der Waals surface area contributed by atoms with E-state index in [0.717, 1.165) is 23.0 Å². The molecule has 0 unspecified atom stereocenters. The summed E-state index contributed by atoms with van der Waals surface area (Å²) in [5.74, 6) is 3.78. The minimum Gasteiger partial charge on any atom is -0.458 e. The zero-order valence-electron chi connectivity index (χ0n) is 26.2. The van der Waals surface area contributed by atoms with Crippen LogP contribution in [0.3, 0.4) is 0 Å². The summed E-state index contributed by atoms with van der Waals surface area (Å²) >= 11 is 0. The Morgan fingerprint density at radius 3 is 1.10 bits per heavy atom. The number of nitrogens with zero attached hydrogens (tertiary/aromatic N) is 2. The van der Waals surface area contributed by atoms with Crippen molar-refractivity contribution in [3.63, 3.8) is 0 Å². The van der Waals surface area contributed by atoms with Crippen LogP contribution in [0.2, 0.25) is 0 Å².